The van der Waals surface area contributed by atoms with E-state index < -0.39 is 0 Å². The maximum Gasteiger partial charge on any atom is 0.0953 e. The summed E-state index contributed by atoms with van der Waals surface area (Å²) in [6, 6.07) is 7.96. The standard InChI is InChI=1S/C17H24N4/c1-21-11-7-13(8-12-21)6-10-19-16-5-4-15(18)14-3-2-9-20-17(14)16/h2-5,9,13,19H,6-8,10-12,18H2,1H3. The second-order valence-corrected chi connectivity index (χ2v) is 6.06. The normalized spacial score (nSPS) is 17.2. The summed E-state index contributed by atoms with van der Waals surface area (Å²) < 4.78 is 0. The maximum absolute atomic E-state index is 6.01. The number of piperidine rings is 1. The van der Waals surface area contributed by atoms with Crippen LogP contribution in [0.3, 0.4) is 0 Å². The van der Waals surface area contributed by atoms with Crippen molar-refractivity contribution in [3.05, 3.63) is 30.5 Å². The van der Waals surface area contributed by atoms with Crippen LogP contribution in [0.25, 0.3) is 10.9 Å². The van der Waals surface area contributed by atoms with Gasteiger partial charge < -0.3 is 16.0 Å². The lowest BCUT2D eigenvalue weighted by Crippen LogP contribution is -2.30. The number of nitrogens with two attached hydrogens (primary N) is 1. The largest absolute Gasteiger partial charge is 0.398 e. The molecule has 1 aromatic carbocycles. The fourth-order valence-corrected chi connectivity index (χ4v) is 3.10. The molecule has 0 amide bonds. The minimum absolute atomic E-state index is 0.791. The molecule has 0 aliphatic carbocycles. The van der Waals surface area contributed by atoms with E-state index in [1.807, 2.05) is 30.5 Å². The topological polar surface area (TPSA) is 54.2 Å². The number of nitrogens with zero attached hydrogens (tertiary/aromatic N) is 2. The highest BCUT2D eigenvalue weighted by molar-refractivity contribution is 5.98. The molecule has 1 aliphatic rings. The van der Waals surface area contributed by atoms with E-state index >= 15 is 0 Å². The van der Waals surface area contributed by atoms with Crippen LogP contribution in [0, 0.1) is 5.92 Å². The molecule has 4 nitrogen and oxygen atoms in total. The average molecular weight is 284 g/mol. The SMILES string of the molecule is CN1CCC(CCNc2ccc(N)c3cccnc23)CC1. The molecular weight excluding hydrogens is 260 g/mol. The molecule has 1 aromatic heterocycles. The number of anilines is 2. The van der Waals surface area contributed by atoms with Crippen LogP contribution in [-0.4, -0.2) is 36.6 Å². The quantitative estimate of drug-likeness (QED) is 0.848. The summed E-state index contributed by atoms with van der Waals surface area (Å²) in [6.07, 6.45) is 5.69. The van der Waals surface area contributed by atoms with Gasteiger partial charge in [0, 0.05) is 23.8 Å². The molecular formula is C17H24N4. The third-order valence-corrected chi connectivity index (χ3v) is 4.51. The van der Waals surface area contributed by atoms with Crippen LogP contribution in [-0.2, 0) is 0 Å². The van der Waals surface area contributed by atoms with Crippen molar-refractivity contribution in [2.75, 3.05) is 37.7 Å². The van der Waals surface area contributed by atoms with Crippen LogP contribution < -0.4 is 11.1 Å². The molecule has 0 unspecified atom stereocenters. The van der Waals surface area contributed by atoms with E-state index in [-0.39, 0.29) is 0 Å². The van der Waals surface area contributed by atoms with Crippen LogP contribution in [0.5, 0.6) is 0 Å². The van der Waals surface area contributed by atoms with Gasteiger partial charge in [-0.1, -0.05) is 0 Å². The highest BCUT2D eigenvalue weighted by Gasteiger charge is 2.16. The van der Waals surface area contributed by atoms with E-state index in [1.54, 1.807) is 0 Å². The summed E-state index contributed by atoms with van der Waals surface area (Å²) in [7, 11) is 2.21. The minimum atomic E-state index is 0.791. The van der Waals surface area contributed by atoms with E-state index in [0.29, 0.717) is 0 Å². The fraction of sp³-hybridized carbons (Fsp3) is 0.471. The van der Waals surface area contributed by atoms with Crippen LogP contribution >= 0.6 is 0 Å². The zero-order valence-corrected chi connectivity index (χ0v) is 12.7. The van der Waals surface area contributed by atoms with Gasteiger partial charge in [-0.3, -0.25) is 4.98 Å². The minimum Gasteiger partial charge on any atom is -0.398 e. The van der Waals surface area contributed by atoms with Gasteiger partial charge in [-0.25, -0.2) is 0 Å². The molecule has 3 N–H and O–H groups in total. The van der Waals surface area contributed by atoms with Crippen molar-refractivity contribution in [2.24, 2.45) is 5.92 Å². The van der Waals surface area contributed by atoms with E-state index in [2.05, 4.69) is 22.2 Å². The van der Waals surface area contributed by atoms with Gasteiger partial charge in [0.1, 0.15) is 0 Å². The molecule has 1 saturated heterocycles. The van der Waals surface area contributed by atoms with Gasteiger partial charge in [0.15, 0.2) is 0 Å². The number of aromatic nitrogens is 1. The summed E-state index contributed by atoms with van der Waals surface area (Å²) in [6.45, 7) is 3.47. The highest BCUT2D eigenvalue weighted by atomic mass is 15.1. The lowest BCUT2D eigenvalue weighted by atomic mass is 9.94. The Balaban J connectivity index is 1.62. The Bertz CT molecular complexity index is 603. The molecule has 0 spiro atoms. The second-order valence-electron chi connectivity index (χ2n) is 6.06. The Hall–Kier alpha value is -1.81. The van der Waals surface area contributed by atoms with Gasteiger partial charge in [-0.2, -0.15) is 0 Å². The Kier molecular flexibility index (Phi) is 4.25. The smallest absolute Gasteiger partial charge is 0.0953 e. The Labute approximate surface area is 126 Å². The van der Waals surface area contributed by atoms with Crippen molar-refractivity contribution < 1.29 is 0 Å². The molecule has 0 atom stereocenters. The Morgan fingerprint density at radius 3 is 2.90 bits per heavy atom. The van der Waals surface area contributed by atoms with Crippen molar-refractivity contribution in [3.8, 4) is 0 Å². The molecule has 0 saturated carbocycles. The Morgan fingerprint density at radius 1 is 1.29 bits per heavy atom. The van der Waals surface area contributed by atoms with Gasteiger partial charge in [-0.05, 0) is 69.6 Å². The van der Waals surface area contributed by atoms with Gasteiger partial charge in [0.2, 0.25) is 0 Å². The van der Waals surface area contributed by atoms with Crippen molar-refractivity contribution in [1.82, 2.24) is 9.88 Å². The fourth-order valence-electron chi connectivity index (χ4n) is 3.10. The molecule has 1 fully saturated rings. The van der Waals surface area contributed by atoms with Crippen molar-refractivity contribution >= 4 is 22.3 Å². The number of rotatable bonds is 4. The zero-order chi connectivity index (χ0) is 14.7. The number of benzene rings is 1. The van der Waals surface area contributed by atoms with Crippen molar-refractivity contribution in [3.63, 3.8) is 0 Å². The van der Waals surface area contributed by atoms with Crippen molar-refractivity contribution in [2.45, 2.75) is 19.3 Å². The lowest BCUT2D eigenvalue weighted by molar-refractivity contribution is 0.215. The molecule has 21 heavy (non-hydrogen) atoms. The van der Waals surface area contributed by atoms with Crippen LogP contribution in [0.15, 0.2) is 30.5 Å². The van der Waals surface area contributed by atoms with Gasteiger partial charge in [-0.15, -0.1) is 0 Å². The predicted molar refractivity (Wildman–Crippen MR) is 89.5 cm³/mol. The first kappa shape index (κ1) is 14.1. The first-order chi connectivity index (χ1) is 10.2. The predicted octanol–water partition coefficient (Wildman–Crippen LogP) is 2.96. The van der Waals surface area contributed by atoms with Crippen LogP contribution in [0.1, 0.15) is 19.3 Å². The summed E-state index contributed by atoms with van der Waals surface area (Å²) in [4.78, 5) is 6.89. The van der Waals surface area contributed by atoms with Crippen LogP contribution in [0.2, 0.25) is 0 Å². The van der Waals surface area contributed by atoms with E-state index in [9.17, 15) is 0 Å². The molecule has 4 heteroatoms. The summed E-state index contributed by atoms with van der Waals surface area (Å²) in [5.74, 6) is 0.849. The number of pyridine rings is 1. The number of hydrogen-bond donors (Lipinski definition) is 2. The van der Waals surface area contributed by atoms with E-state index in [4.69, 9.17) is 5.73 Å². The summed E-state index contributed by atoms with van der Waals surface area (Å²) >= 11 is 0. The molecule has 0 bridgehead atoms. The first-order valence-corrected chi connectivity index (χ1v) is 7.79. The van der Waals surface area contributed by atoms with Gasteiger partial charge in [0.25, 0.3) is 0 Å². The average Bonchev–Trinajstić information content (AvgIpc) is 2.52. The highest BCUT2D eigenvalue weighted by Crippen LogP contribution is 2.27. The molecule has 112 valence electrons. The third-order valence-electron chi connectivity index (χ3n) is 4.51. The summed E-state index contributed by atoms with van der Waals surface area (Å²) in [5.41, 5.74) is 8.87. The monoisotopic (exact) mass is 284 g/mol. The lowest BCUT2D eigenvalue weighted by Gasteiger charge is -2.29. The molecule has 3 rings (SSSR count). The number of fused-ring (bicyclic) bond motifs is 1. The number of nitrogens with one attached hydrogen (secondary N) is 1. The number of likely N-dealkylation sites (tertiary alicyclic amines) is 1. The molecule has 0 radical (unpaired) electrons. The van der Waals surface area contributed by atoms with E-state index in [0.717, 1.165) is 34.7 Å². The van der Waals surface area contributed by atoms with Crippen molar-refractivity contribution in [1.29, 1.82) is 0 Å². The Morgan fingerprint density at radius 2 is 2.10 bits per heavy atom. The van der Waals surface area contributed by atoms with E-state index in [1.165, 1.54) is 32.4 Å². The molecule has 2 aromatic rings. The number of hydrogen-bond acceptors (Lipinski definition) is 4. The first-order valence-electron chi connectivity index (χ1n) is 7.79. The third kappa shape index (κ3) is 3.27. The zero-order valence-electron chi connectivity index (χ0n) is 12.7. The van der Waals surface area contributed by atoms with Crippen LogP contribution in [0.4, 0.5) is 11.4 Å². The summed E-state index contributed by atoms with van der Waals surface area (Å²) in [5, 5.41) is 4.57. The maximum atomic E-state index is 6.01. The second kappa shape index (κ2) is 6.31. The van der Waals surface area contributed by atoms with Gasteiger partial charge in [0.05, 0.1) is 11.2 Å². The number of nitrogen functional groups attached to an aromatic ring is 1. The molecule has 1 aliphatic heterocycles. The van der Waals surface area contributed by atoms with Gasteiger partial charge >= 0.3 is 0 Å². The molecule has 2 heterocycles.